The van der Waals surface area contributed by atoms with Crippen LogP contribution in [0.5, 0.6) is 11.5 Å². The number of ether oxygens (including phenoxy) is 2. The summed E-state index contributed by atoms with van der Waals surface area (Å²) in [6.07, 6.45) is 5.86. The number of hydrogen-bond acceptors (Lipinski definition) is 4. The second kappa shape index (κ2) is 9.88. The predicted octanol–water partition coefficient (Wildman–Crippen LogP) is 4.56. The number of amides is 2. The van der Waals surface area contributed by atoms with Crippen LogP contribution in [0.25, 0.3) is 10.9 Å². The number of hydrogen-bond donors (Lipinski definition) is 1. The Morgan fingerprint density at radius 3 is 2.44 bits per heavy atom. The minimum absolute atomic E-state index is 0.0863. The van der Waals surface area contributed by atoms with E-state index in [-0.39, 0.29) is 17.9 Å². The van der Waals surface area contributed by atoms with Crippen LogP contribution in [0.15, 0.2) is 48.5 Å². The van der Waals surface area contributed by atoms with Crippen LogP contribution < -0.4 is 14.8 Å². The van der Waals surface area contributed by atoms with Gasteiger partial charge in [0.25, 0.3) is 5.91 Å². The van der Waals surface area contributed by atoms with Crippen molar-refractivity contribution in [3.8, 4) is 11.5 Å². The number of methoxy groups -OCH3 is 2. The van der Waals surface area contributed by atoms with Gasteiger partial charge in [0.15, 0.2) is 0 Å². The Balaban J connectivity index is 1.53. The molecule has 0 saturated heterocycles. The predicted molar refractivity (Wildman–Crippen MR) is 140 cm³/mol. The average Bonchev–Trinajstić information content (AvgIpc) is 3.54. The van der Waals surface area contributed by atoms with Crippen LogP contribution in [0.3, 0.4) is 0 Å². The zero-order chi connectivity index (χ0) is 25.3. The molecule has 7 heteroatoms. The first-order valence-corrected chi connectivity index (χ1v) is 12.9. The number of rotatable bonds is 8. The number of aryl methyl sites for hydroxylation is 1. The Hall–Kier alpha value is -3.48. The molecule has 1 aliphatic heterocycles. The summed E-state index contributed by atoms with van der Waals surface area (Å²) in [6.45, 7) is 2.75. The molecule has 1 saturated carbocycles. The highest BCUT2D eigenvalue weighted by atomic mass is 16.5. The van der Waals surface area contributed by atoms with Gasteiger partial charge >= 0.3 is 0 Å². The van der Waals surface area contributed by atoms with Gasteiger partial charge in [0.1, 0.15) is 22.7 Å². The summed E-state index contributed by atoms with van der Waals surface area (Å²) in [7, 11) is 3.24. The molecule has 1 aromatic heterocycles. The van der Waals surface area contributed by atoms with Gasteiger partial charge in [-0.1, -0.05) is 43.2 Å². The van der Waals surface area contributed by atoms with E-state index in [4.69, 9.17) is 9.47 Å². The van der Waals surface area contributed by atoms with Gasteiger partial charge in [-0.05, 0) is 56.4 Å². The molecule has 1 atom stereocenters. The third kappa shape index (κ3) is 4.21. The SMILES string of the molecule is COc1ccc(OC)c2c1cc1n2C[C@@](C)(C(=O)NC2CCCC2)N(CCCc2ccccc2)C1=O. The highest BCUT2D eigenvalue weighted by Gasteiger charge is 2.48. The molecule has 2 heterocycles. The highest BCUT2D eigenvalue weighted by Crippen LogP contribution is 2.40. The van der Waals surface area contributed by atoms with Gasteiger partial charge in [-0.15, -0.1) is 0 Å². The van der Waals surface area contributed by atoms with Crippen LogP contribution in [0.4, 0.5) is 0 Å². The minimum atomic E-state index is -1.02. The monoisotopic (exact) mass is 489 g/mol. The smallest absolute Gasteiger partial charge is 0.271 e. The molecular formula is C29H35N3O4. The van der Waals surface area contributed by atoms with Crippen LogP contribution >= 0.6 is 0 Å². The summed E-state index contributed by atoms with van der Waals surface area (Å²) in [5.41, 5.74) is 1.54. The lowest BCUT2D eigenvalue weighted by molar-refractivity contribution is -0.133. The molecule has 3 aromatic rings. The fraction of sp³-hybridized carbons (Fsp3) is 0.448. The van der Waals surface area contributed by atoms with E-state index in [1.54, 1.807) is 19.1 Å². The van der Waals surface area contributed by atoms with Gasteiger partial charge in [0, 0.05) is 18.0 Å². The van der Waals surface area contributed by atoms with E-state index in [1.165, 1.54) is 5.56 Å². The first kappa shape index (κ1) is 24.2. The zero-order valence-electron chi connectivity index (χ0n) is 21.4. The molecule has 0 spiro atoms. The van der Waals surface area contributed by atoms with Gasteiger partial charge in [-0.2, -0.15) is 0 Å². The molecule has 2 aliphatic rings. The largest absolute Gasteiger partial charge is 0.496 e. The van der Waals surface area contributed by atoms with Crippen LogP contribution in [0.2, 0.25) is 0 Å². The molecule has 1 N–H and O–H groups in total. The second-order valence-corrected chi connectivity index (χ2v) is 10.1. The van der Waals surface area contributed by atoms with E-state index in [9.17, 15) is 9.59 Å². The van der Waals surface area contributed by atoms with E-state index >= 15 is 0 Å². The first-order valence-electron chi connectivity index (χ1n) is 12.9. The number of carbonyl (C=O) groups excluding carboxylic acids is 2. The van der Waals surface area contributed by atoms with Crippen molar-refractivity contribution in [2.45, 2.75) is 63.6 Å². The van der Waals surface area contributed by atoms with Gasteiger partial charge in [0.2, 0.25) is 5.91 Å². The molecule has 36 heavy (non-hydrogen) atoms. The molecule has 7 nitrogen and oxygen atoms in total. The third-order valence-corrected chi connectivity index (χ3v) is 7.82. The Labute approximate surface area is 212 Å². The summed E-state index contributed by atoms with van der Waals surface area (Å²) >= 11 is 0. The summed E-state index contributed by atoms with van der Waals surface area (Å²) in [5, 5.41) is 4.08. The quantitative estimate of drug-likeness (QED) is 0.503. The van der Waals surface area contributed by atoms with Crippen LogP contribution in [0, 0.1) is 0 Å². The van der Waals surface area contributed by atoms with Crippen molar-refractivity contribution in [1.82, 2.24) is 14.8 Å². The fourth-order valence-corrected chi connectivity index (χ4v) is 5.80. The van der Waals surface area contributed by atoms with Crippen molar-refractivity contribution in [2.24, 2.45) is 0 Å². The Kier molecular flexibility index (Phi) is 6.65. The molecular weight excluding hydrogens is 454 g/mol. The van der Waals surface area contributed by atoms with Gasteiger partial charge in [-0.3, -0.25) is 9.59 Å². The summed E-state index contributed by atoms with van der Waals surface area (Å²) in [6, 6.07) is 16.0. The van der Waals surface area contributed by atoms with E-state index < -0.39 is 5.54 Å². The maximum atomic E-state index is 14.0. The Morgan fingerprint density at radius 1 is 1.06 bits per heavy atom. The molecule has 2 aromatic carbocycles. The summed E-state index contributed by atoms with van der Waals surface area (Å²) in [4.78, 5) is 29.6. The van der Waals surface area contributed by atoms with Gasteiger partial charge in [-0.25, -0.2) is 0 Å². The van der Waals surface area contributed by atoms with Crippen molar-refractivity contribution in [2.75, 3.05) is 20.8 Å². The van der Waals surface area contributed by atoms with E-state index in [2.05, 4.69) is 17.4 Å². The second-order valence-electron chi connectivity index (χ2n) is 10.1. The molecule has 0 unspecified atom stereocenters. The topological polar surface area (TPSA) is 72.8 Å². The normalized spacial score (nSPS) is 20.0. The maximum Gasteiger partial charge on any atom is 0.271 e. The van der Waals surface area contributed by atoms with Crippen LogP contribution in [0.1, 0.15) is 55.1 Å². The molecule has 0 radical (unpaired) electrons. The average molecular weight is 490 g/mol. The van der Waals surface area contributed by atoms with Crippen molar-refractivity contribution in [1.29, 1.82) is 0 Å². The summed E-state index contributed by atoms with van der Waals surface area (Å²) < 4.78 is 13.2. The molecule has 1 fully saturated rings. The molecule has 1 aliphatic carbocycles. The van der Waals surface area contributed by atoms with Crippen LogP contribution in [-0.4, -0.2) is 53.6 Å². The number of nitrogens with zero attached hydrogens (tertiary/aromatic N) is 2. The summed E-state index contributed by atoms with van der Waals surface area (Å²) in [5.74, 6) is 1.10. The van der Waals surface area contributed by atoms with Crippen molar-refractivity contribution in [3.05, 3.63) is 59.8 Å². The molecule has 5 rings (SSSR count). The molecule has 2 amide bonds. The number of aromatic nitrogens is 1. The van der Waals surface area contributed by atoms with E-state index in [1.807, 2.05) is 47.9 Å². The standard InChI is InChI=1S/C29H35N3O4/c1-29(28(34)30-21-13-7-8-14-21)19-31-23(18-22-24(35-2)15-16-25(36-3)26(22)31)27(33)32(29)17-9-12-20-10-5-4-6-11-20/h4-6,10-11,15-16,18,21H,7-9,12-14,17,19H2,1-3H3,(H,30,34)/t29-/m0/s1. The number of fused-ring (bicyclic) bond motifs is 3. The van der Waals surface area contributed by atoms with E-state index in [0.717, 1.165) is 49.4 Å². The lowest BCUT2D eigenvalue weighted by Gasteiger charge is -2.44. The van der Waals surface area contributed by atoms with Crippen molar-refractivity contribution < 1.29 is 19.1 Å². The number of nitrogens with one attached hydrogen (secondary N) is 1. The lowest BCUT2D eigenvalue weighted by Crippen LogP contribution is -2.64. The van der Waals surface area contributed by atoms with Crippen molar-refractivity contribution in [3.63, 3.8) is 0 Å². The lowest BCUT2D eigenvalue weighted by atomic mass is 9.93. The minimum Gasteiger partial charge on any atom is -0.496 e. The van der Waals surface area contributed by atoms with Gasteiger partial charge in [0.05, 0.1) is 26.3 Å². The number of benzene rings is 2. The number of carbonyl (C=O) groups is 2. The first-order chi connectivity index (χ1) is 17.5. The third-order valence-electron chi connectivity index (χ3n) is 7.82. The molecule has 0 bridgehead atoms. The fourth-order valence-electron chi connectivity index (χ4n) is 5.80. The zero-order valence-corrected chi connectivity index (χ0v) is 21.4. The Morgan fingerprint density at radius 2 is 1.75 bits per heavy atom. The van der Waals surface area contributed by atoms with Gasteiger partial charge < -0.3 is 24.3 Å². The van der Waals surface area contributed by atoms with Crippen LogP contribution in [-0.2, 0) is 17.8 Å². The Bertz CT molecular complexity index is 1260. The van der Waals surface area contributed by atoms with Crippen molar-refractivity contribution >= 4 is 22.7 Å². The van der Waals surface area contributed by atoms with E-state index in [0.29, 0.717) is 30.3 Å². The highest BCUT2D eigenvalue weighted by molar-refractivity contribution is 6.06. The maximum absolute atomic E-state index is 14.0. The molecule has 190 valence electrons.